The molecular weight excluding hydrogens is 347 g/mol. The van der Waals surface area contributed by atoms with Crippen molar-refractivity contribution < 1.29 is 49.0 Å². The van der Waals surface area contributed by atoms with Gasteiger partial charge in [-0.25, -0.2) is 0 Å². The lowest BCUT2D eigenvalue weighted by Gasteiger charge is -2.38. The Morgan fingerprint density at radius 3 is 1.74 bits per heavy atom. The molecule has 1 fully saturated rings. The summed E-state index contributed by atoms with van der Waals surface area (Å²) in [5.74, 6) is -8.13. The van der Waals surface area contributed by atoms with E-state index in [0.29, 0.717) is 6.42 Å². The third kappa shape index (κ3) is 4.24. The van der Waals surface area contributed by atoms with Crippen molar-refractivity contribution in [1.82, 2.24) is 0 Å². The summed E-state index contributed by atoms with van der Waals surface area (Å²) in [6.07, 6.45) is -17.3. The molecule has 0 bridgehead atoms. The summed E-state index contributed by atoms with van der Waals surface area (Å²) in [4.78, 5) is 0. The van der Waals surface area contributed by atoms with Crippen LogP contribution in [-0.4, -0.2) is 24.2 Å². The first kappa shape index (κ1) is 19.9. The highest BCUT2D eigenvalue weighted by molar-refractivity contribution is 4.91. The van der Waals surface area contributed by atoms with Gasteiger partial charge in [-0.3, -0.25) is 4.74 Å². The van der Waals surface area contributed by atoms with Crippen molar-refractivity contribution in [3.8, 4) is 0 Å². The van der Waals surface area contributed by atoms with Gasteiger partial charge >= 0.3 is 24.2 Å². The van der Waals surface area contributed by atoms with Crippen LogP contribution in [0.3, 0.4) is 0 Å². The summed E-state index contributed by atoms with van der Waals surface area (Å²) < 4.78 is 123. The third-order valence-corrected chi connectivity index (χ3v) is 3.34. The van der Waals surface area contributed by atoms with Crippen molar-refractivity contribution in [3.63, 3.8) is 0 Å². The maximum Gasteiger partial charge on any atom is 0.471 e. The zero-order valence-corrected chi connectivity index (χ0v) is 11.5. The molecule has 0 amide bonds. The van der Waals surface area contributed by atoms with Gasteiger partial charge in [0.2, 0.25) is 0 Å². The van der Waals surface area contributed by atoms with Crippen LogP contribution in [0.1, 0.15) is 32.1 Å². The fraction of sp³-hybridized carbons (Fsp3) is 0.833. The Morgan fingerprint density at radius 2 is 1.35 bits per heavy atom. The van der Waals surface area contributed by atoms with Crippen LogP contribution in [0.2, 0.25) is 0 Å². The van der Waals surface area contributed by atoms with Crippen LogP contribution in [0.5, 0.6) is 0 Å². The highest BCUT2D eigenvalue weighted by Crippen LogP contribution is 2.52. The molecule has 0 aromatic rings. The van der Waals surface area contributed by atoms with Gasteiger partial charge in [0, 0.05) is 0 Å². The lowest BCUT2D eigenvalue weighted by atomic mass is 9.88. The number of hydrogen-bond acceptors (Lipinski definition) is 2. The van der Waals surface area contributed by atoms with Crippen LogP contribution in [0, 0.1) is 5.92 Å². The molecule has 1 aliphatic rings. The Kier molecular flexibility index (Phi) is 5.55. The van der Waals surface area contributed by atoms with Crippen LogP contribution in [0.4, 0.5) is 39.5 Å². The first-order valence-corrected chi connectivity index (χ1v) is 6.48. The van der Waals surface area contributed by atoms with Gasteiger partial charge in [-0.05, 0) is 19.4 Å². The number of alkyl halides is 8. The minimum Gasteiger partial charge on any atom is -0.402 e. The summed E-state index contributed by atoms with van der Waals surface area (Å²) >= 11 is 0. The quantitative estimate of drug-likeness (QED) is 0.463. The molecule has 136 valence electrons. The van der Waals surface area contributed by atoms with Crippen molar-refractivity contribution in [2.24, 2.45) is 5.92 Å². The fourth-order valence-corrected chi connectivity index (χ4v) is 2.20. The standard InChI is InChI=1S/C12H13F9O2/c1-7(13)22-12(20,21)10(16,11(17,18)19)23-9(14,15)8-5-3-2-4-6-8/h8H,1-6H2. The number of rotatable bonds is 6. The second kappa shape index (κ2) is 6.40. The van der Waals surface area contributed by atoms with Gasteiger partial charge in [-0.15, -0.1) is 0 Å². The summed E-state index contributed by atoms with van der Waals surface area (Å²) in [6, 6.07) is -2.49. The highest BCUT2D eigenvalue weighted by atomic mass is 19.4. The molecule has 0 radical (unpaired) electrons. The molecule has 0 spiro atoms. The first-order valence-electron chi connectivity index (χ1n) is 6.48. The van der Waals surface area contributed by atoms with E-state index in [0.717, 1.165) is 0 Å². The molecule has 1 saturated carbocycles. The lowest BCUT2D eigenvalue weighted by Crippen LogP contribution is -2.61. The van der Waals surface area contributed by atoms with E-state index in [1.54, 1.807) is 0 Å². The number of halogens is 9. The van der Waals surface area contributed by atoms with E-state index >= 15 is 0 Å². The second-order valence-corrected chi connectivity index (χ2v) is 5.07. The predicted molar refractivity (Wildman–Crippen MR) is 58.8 cm³/mol. The Morgan fingerprint density at radius 1 is 0.870 bits per heavy atom. The van der Waals surface area contributed by atoms with Crippen LogP contribution >= 0.6 is 0 Å². The smallest absolute Gasteiger partial charge is 0.402 e. The summed E-state index contributed by atoms with van der Waals surface area (Å²) in [5, 5.41) is 0. The topological polar surface area (TPSA) is 18.5 Å². The zero-order chi connectivity index (χ0) is 18.1. The van der Waals surface area contributed by atoms with Crippen LogP contribution in [-0.2, 0) is 9.47 Å². The van der Waals surface area contributed by atoms with E-state index in [1.165, 1.54) is 0 Å². The minimum atomic E-state index is -6.62. The van der Waals surface area contributed by atoms with E-state index in [1.807, 2.05) is 0 Å². The molecule has 0 aromatic heterocycles. The Labute approximate surface area is 125 Å². The molecule has 0 aliphatic heterocycles. The molecule has 0 aromatic carbocycles. The van der Waals surface area contributed by atoms with Gasteiger partial charge in [0.25, 0.3) is 6.01 Å². The molecule has 23 heavy (non-hydrogen) atoms. The van der Waals surface area contributed by atoms with Crippen LogP contribution in [0.15, 0.2) is 12.6 Å². The normalized spacial score (nSPS) is 20.9. The third-order valence-electron chi connectivity index (χ3n) is 3.34. The van der Waals surface area contributed by atoms with Crippen molar-refractivity contribution in [3.05, 3.63) is 12.6 Å². The summed E-state index contributed by atoms with van der Waals surface area (Å²) in [6.45, 7) is 2.08. The molecule has 0 N–H and O–H groups in total. The van der Waals surface area contributed by atoms with E-state index in [2.05, 4.69) is 16.1 Å². The number of hydrogen-bond donors (Lipinski definition) is 0. The SMILES string of the molecule is C=C(F)OC(F)(F)C(F)(OC(F)(F)C1CCCCC1)C(F)(F)F. The van der Waals surface area contributed by atoms with Gasteiger partial charge in [-0.1, -0.05) is 19.3 Å². The molecule has 1 unspecified atom stereocenters. The molecule has 0 saturated heterocycles. The molecule has 2 nitrogen and oxygen atoms in total. The molecule has 11 heteroatoms. The zero-order valence-electron chi connectivity index (χ0n) is 11.5. The maximum atomic E-state index is 13.8. The first-order chi connectivity index (χ1) is 10.2. The number of ether oxygens (including phenoxy) is 2. The van der Waals surface area contributed by atoms with Gasteiger partial charge < -0.3 is 4.74 Å². The van der Waals surface area contributed by atoms with Crippen molar-refractivity contribution in [2.45, 2.75) is 56.4 Å². The fourth-order valence-electron chi connectivity index (χ4n) is 2.20. The second-order valence-electron chi connectivity index (χ2n) is 5.07. The van der Waals surface area contributed by atoms with Crippen LogP contribution < -0.4 is 0 Å². The Balaban J connectivity index is 3.13. The predicted octanol–water partition coefficient (Wildman–Crippen LogP) is 5.45. The van der Waals surface area contributed by atoms with Gasteiger partial charge in [0.15, 0.2) is 0 Å². The van der Waals surface area contributed by atoms with Gasteiger partial charge in [0.1, 0.15) is 0 Å². The monoisotopic (exact) mass is 360 g/mol. The average molecular weight is 360 g/mol. The molecule has 1 rings (SSSR count). The summed E-state index contributed by atoms with van der Waals surface area (Å²) in [5.41, 5.74) is 0. The molecule has 1 atom stereocenters. The molecule has 1 aliphatic carbocycles. The van der Waals surface area contributed by atoms with E-state index in [9.17, 15) is 39.5 Å². The van der Waals surface area contributed by atoms with E-state index < -0.39 is 36.2 Å². The molecule has 0 heterocycles. The Bertz CT molecular complexity index is 429. The lowest BCUT2D eigenvalue weighted by molar-refractivity contribution is -0.503. The van der Waals surface area contributed by atoms with Crippen LogP contribution in [0.25, 0.3) is 0 Å². The largest absolute Gasteiger partial charge is 0.471 e. The van der Waals surface area contributed by atoms with Crippen molar-refractivity contribution >= 4 is 0 Å². The Hall–Kier alpha value is -1.13. The highest BCUT2D eigenvalue weighted by Gasteiger charge is 2.78. The van der Waals surface area contributed by atoms with Crippen molar-refractivity contribution in [2.75, 3.05) is 0 Å². The van der Waals surface area contributed by atoms with E-state index in [4.69, 9.17) is 0 Å². The van der Waals surface area contributed by atoms with E-state index in [-0.39, 0.29) is 25.7 Å². The maximum absolute atomic E-state index is 13.8. The average Bonchev–Trinajstić information content (AvgIpc) is 2.36. The molecular formula is C12H13F9O2. The minimum absolute atomic E-state index is 0.198. The van der Waals surface area contributed by atoms with Gasteiger partial charge in [0.05, 0.1) is 5.92 Å². The summed E-state index contributed by atoms with van der Waals surface area (Å²) in [7, 11) is 0. The van der Waals surface area contributed by atoms with Crippen molar-refractivity contribution in [1.29, 1.82) is 0 Å². The van der Waals surface area contributed by atoms with Gasteiger partial charge in [-0.2, -0.15) is 39.5 Å².